The molecule has 1 aromatic rings. The predicted octanol–water partition coefficient (Wildman–Crippen LogP) is 4.44. The summed E-state index contributed by atoms with van der Waals surface area (Å²) < 4.78 is 14.2. The first-order chi connectivity index (χ1) is 13.0. The van der Waals surface area contributed by atoms with E-state index in [0.29, 0.717) is 23.8 Å². The molecule has 1 unspecified atom stereocenters. The van der Waals surface area contributed by atoms with E-state index >= 15 is 0 Å². The van der Waals surface area contributed by atoms with E-state index in [4.69, 9.17) is 0 Å². The van der Waals surface area contributed by atoms with E-state index in [-0.39, 0.29) is 11.7 Å². The molecule has 3 rings (SSSR count). The Labute approximate surface area is 170 Å². The standard InChI is InChI=1S/C20H21BrFN3OS/c1-12-17(27-20(13(2)22)19(12)21)11-23-8-5-9-24-18-10-16(26)14-6-3-4-7-15(14)25-18/h3-4,6-7,10,14,23-24H,2,5,8-9,11H2,1H3. The first-order valence-electron chi connectivity index (χ1n) is 8.73. The van der Waals surface area contributed by atoms with Crippen LogP contribution in [0.3, 0.4) is 0 Å². The molecule has 0 bridgehead atoms. The Balaban J connectivity index is 1.42. The van der Waals surface area contributed by atoms with E-state index < -0.39 is 5.83 Å². The van der Waals surface area contributed by atoms with Crippen LogP contribution in [-0.4, -0.2) is 24.6 Å². The fourth-order valence-electron chi connectivity index (χ4n) is 2.88. The molecular formula is C20H21BrFN3OS. The molecule has 0 spiro atoms. The van der Waals surface area contributed by atoms with E-state index in [2.05, 4.69) is 38.1 Å². The molecule has 1 aliphatic carbocycles. The van der Waals surface area contributed by atoms with Crippen molar-refractivity contribution < 1.29 is 9.18 Å². The molecule has 0 saturated heterocycles. The Hall–Kier alpha value is -1.83. The number of carbonyl (C=O) groups is 1. The van der Waals surface area contributed by atoms with Gasteiger partial charge in [-0.2, -0.15) is 0 Å². The van der Waals surface area contributed by atoms with Crippen LogP contribution in [0.15, 0.2) is 52.2 Å². The van der Waals surface area contributed by atoms with Crippen molar-refractivity contribution >= 4 is 44.6 Å². The van der Waals surface area contributed by atoms with Crippen molar-refractivity contribution in [1.29, 1.82) is 0 Å². The van der Waals surface area contributed by atoms with Gasteiger partial charge < -0.3 is 10.6 Å². The van der Waals surface area contributed by atoms with Gasteiger partial charge in [-0.3, -0.25) is 4.79 Å². The summed E-state index contributed by atoms with van der Waals surface area (Å²) in [6, 6.07) is 0. The van der Waals surface area contributed by atoms with Crippen molar-refractivity contribution in [2.45, 2.75) is 19.9 Å². The maximum Gasteiger partial charge on any atom is 0.172 e. The van der Waals surface area contributed by atoms with Gasteiger partial charge in [0.1, 0.15) is 11.6 Å². The molecule has 1 aliphatic heterocycles. The number of thiophene rings is 1. The van der Waals surface area contributed by atoms with Gasteiger partial charge in [0.05, 0.1) is 16.5 Å². The highest BCUT2D eigenvalue weighted by Crippen LogP contribution is 2.37. The second-order valence-corrected chi connectivity index (χ2v) is 8.24. The molecule has 1 atom stereocenters. The molecule has 0 radical (unpaired) electrons. The number of hydrogen-bond acceptors (Lipinski definition) is 5. The van der Waals surface area contributed by atoms with Crippen molar-refractivity contribution in [3.8, 4) is 0 Å². The number of rotatable bonds is 8. The summed E-state index contributed by atoms with van der Waals surface area (Å²) in [5.41, 5.74) is 1.83. The number of hydrogen-bond donors (Lipinski definition) is 2. The number of halogens is 2. The van der Waals surface area contributed by atoms with Crippen molar-refractivity contribution in [2.75, 3.05) is 13.1 Å². The highest BCUT2D eigenvalue weighted by atomic mass is 79.9. The quantitative estimate of drug-likeness (QED) is 0.576. The molecule has 4 nitrogen and oxygen atoms in total. The van der Waals surface area contributed by atoms with Crippen molar-refractivity contribution in [1.82, 2.24) is 10.6 Å². The number of allylic oxidation sites excluding steroid dienone is 5. The molecule has 0 fully saturated rings. The Morgan fingerprint density at radius 2 is 2.22 bits per heavy atom. The molecular weight excluding hydrogens is 429 g/mol. The number of aliphatic imine (C=N–C) groups is 1. The summed E-state index contributed by atoms with van der Waals surface area (Å²) in [4.78, 5) is 18.3. The maximum absolute atomic E-state index is 13.4. The van der Waals surface area contributed by atoms with Crippen molar-refractivity contribution in [2.24, 2.45) is 10.9 Å². The summed E-state index contributed by atoms with van der Waals surface area (Å²) in [6.07, 6.45) is 9.96. The molecule has 142 valence electrons. The third-order valence-corrected chi connectivity index (χ3v) is 6.96. The molecule has 2 aliphatic rings. The zero-order chi connectivity index (χ0) is 19.4. The Bertz CT molecular complexity index is 882. The van der Waals surface area contributed by atoms with E-state index in [1.54, 1.807) is 6.08 Å². The normalized spacial score (nSPS) is 18.2. The van der Waals surface area contributed by atoms with Gasteiger partial charge in [-0.05, 0) is 47.5 Å². The van der Waals surface area contributed by atoms with E-state index in [1.807, 2.05) is 31.2 Å². The van der Waals surface area contributed by atoms with Crippen LogP contribution in [0.4, 0.5) is 4.39 Å². The average molecular weight is 450 g/mol. The van der Waals surface area contributed by atoms with Gasteiger partial charge in [0.2, 0.25) is 0 Å². The van der Waals surface area contributed by atoms with E-state index in [0.717, 1.165) is 33.6 Å². The second-order valence-electron chi connectivity index (χ2n) is 6.35. The largest absolute Gasteiger partial charge is 0.370 e. The summed E-state index contributed by atoms with van der Waals surface area (Å²) in [5.74, 6) is 0.0364. The molecule has 2 heterocycles. The van der Waals surface area contributed by atoms with Gasteiger partial charge in [0.15, 0.2) is 5.78 Å². The molecule has 27 heavy (non-hydrogen) atoms. The Kier molecular flexibility index (Phi) is 6.57. The molecule has 1 aromatic heterocycles. The van der Waals surface area contributed by atoms with Crippen LogP contribution in [0.5, 0.6) is 0 Å². The first kappa shape index (κ1) is 19.9. The van der Waals surface area contributed by atoms with Gasteiger partial charge in [0.25, 0.3) is 0 Å². The lowest BCUT2D eigenvalue weighted by atomic mass is 9.92. The van der Waals surface area contributed by atoms with Crippen LogP contribution in [0, 0.1) is 12.8 Å². The Morgan fingerprint density at radius 3 is 2.96 bits per heavy atom. The van der Waals surface area contributed by atoms with Crippen LogP contribution in [-0.2, 0) is 11.3 Å². The van der Waals surface area contributed by atoms with Crippen LogP contribution < -0.4 is 10.6 Å². The lowest BCUT2D eigenvalue weighted by Gasteiger charge is -2.19. The number of nitrogens with zero attached hydrogens (tertiary/aromatic N) is 1. The number of fused-ring (bicyclic) bond motifs is 1. The SMILES string of the molecule is C=C(F)c1sc(CNCCCNC2=CC(=O)C3C=CC=CC3=N2)c(C)c1Br. The molecule has 2 N–H and O–H groups in total. The minimum Gasteiger partial charge on any atom is -0.370 e. The van der Waals surface area contributed by atoms with Crippen LogP contribution >= 0.6 is 27.3 Å². The van der Waals surface area contributed by atoms with Gasteiger partial charge in [0, 0.05) is 28.5 Å². The zero-order valence-corrected chi connectivity index (χ0v) is 17.4. The Morgan fingerprint density at radius 1 is 1.41 bits per heavy atom. The van der Waals surface area contributed by atoms with Crippen LogP contribution in [0.2, 0.25) is 0 Å². The van der Waals surface area contributed by atoms with E-state index in [9.17, 15) is 9.18 Å². The lowest BCUT2D eigenvalue weighted by Crippen LogP contribution is -2.29. The fraction of sp³-hybridized carbons (Fsp3) is 0.300. The number of ketones is 1. The smallest absolute Gasteiger partial charge is 0.172 e. The summed E-state index contributed by atoms with van der Waals surface area (Å²) in [7, 11) is 0. The molecule has 7 heteroatoms. The number of nitrogens with one attached hydrogen (secondary N) is 2. The average Bonchev–Trinajstić information content (AvgIpc) is 2.93. The van der Waals surface area contributed by atoms with Gasteiger partial charge in [-0.25, -0.2) is 9.38 Å². The monoisotopic (exact) mass is 449 g/mol. The third kappa shape index (κ3) is 4.72. The van der Waals surface area contributed by atoms with Gasteiger partial charge in [-0.1, -0.05) is 24.8 Å². The molecule has 0 aromatic carbocycles. The second kappa shape index (κ2) is 8.91. The minimum atomic E-state index is -0.409. The topological polar surface area (TPSA) is 53.5 Å². The zero-order valence-electron chi connectivity index (χ0n) is 15.0. The summed E-state index contributed by atoms with van der Waals surface area (Å²) in [6.45, 7) is 7.55. The third-order valence-electron chi connectivity index (χ3n) is 4.38. The first-order valence-corrected chi connectivity index (χ1v) is 10.3. The summed E-state index contributed by atoms with van der Waals surface area (Å²) >= 11 is 4.84. The van der Waals surface area contributed by atoms with Crippen molar-refractivity contribution in [3.05, 3.63) is 62.6 Å². The fourth-order valence-corrected chi connectivity index (χ4v) is 4.74. The molecule has 0 saturated carbocycles. The minimum absolute atomic E-state index is 0.0604. The van der Waals surface area contributed by atoms with Gasteiger partial charge in [-0.15, -0.1) is 11.3 Å². The van der Waals surface area contributed by atoms with Gasteiger partial charge >= 0.3 is 0 Å². The van der Waals surface area contributed by atoms with E-state index in [1.165, 1.54) is 11.3 Å². The molecule has 0 amide bonds. The lowest BCUT2D eigenvalue weighted by molar-refractivity contribution is -0.115. The maximum atomic E-state index is 13.4. The highest BCUT2D eigenvalue weighted by molar-refractivity contribution is 9.10. The number of carbonyl (C=O) groups excluding carboxylic acids is 1. The van der Waals surface area contributed by atoms with Crippen molar-refractivity contribution in [3.63, 3.8) is 0 Å². The van der Waals surface area contributed by atoms with Crippen LogP contribution in [0.25, 0.3) is 5.83 Å². The predicted molar refractivity (Wildman–Crippen MR) is 114 cm³/mol. The highest BCUT2D eigenvalue weighted by Gasteiger charge is 2.24. The summed E-state index contributed by atoms with van der Waals surface area (Å²) in [5, 5.41) is 6.58. The van der Waals surface area contributed by atoms with Crippen LogP contribution in [0.1, 0.15) is 21.7 Å².